The fraction of sp³-hybridized carbons (Fsp3) is 0.280. The number of alkyl halides is 1. The van der Waals surface area contributed by atoms with Crippen LogP contribution in [-0.4, -0.2) is 3.92 Å². The Morgan fingerprint density at radius 2 is 1.13 bits per heavy atom. The monoisotopic (exact) mass is 524 g/mol. The van der Waals surface area contributed by atoms with Gasteiger partial charge in [0.2, 0.25) is 0 Å². The maximum Gasteiger partial charge on any atom is 0.166 e. The van der Waals surface area contributed by atoms with Gasteiger partial charge in [0.15, 0.2) is 23.3 Å². The molecule has 5 heteroatoms. The molecule has 0 atom stereocenters. The fourth-order valence-corrected chi connectivity index (χ4v) is 4.88. The second kappa shape index (κ2) is 8.69. The van der Waals surface area contributed by atoms with Crippen LogP contribution in [0.25, 0.3) is 22.3 Å². The Labute approximate surface area is 187 Å². The van der Waals surface area contributed by atoms with Crippen LogP contribution < -0.4 is 0 Å². The van der Waals surface area contributed by atoms with E-state index in [1.54, 1.807) is 36.4 Å². The Bertz CT molecular complexity index is 1070. The Morgan fingerprint density at radius 1 is 0.633 bits per heavy atom. The molecule has 0 saturated heterocycles. The molecule has 0 aromatic heterocycles. The van der Waals surface area contributed by atoms with E-state index in [0.717, 1.165) is 25.7 Å². The first-order chi connectivity index (χ1) is 14.4. The van der Waals surface area contributed by atoms with E-state index in [0.29, 0.717) is 20.6 Å². The van der Waals surface area contributed by atoms with Crippen molar-refractivity contribution in [2.75, 3.05) is 0 Å². The van der Waals surface area contributed by atoms with E-state index < -0.39 is 23.3 Å². The zero-order chi connectivity index (χ0) is 21.4. The molecule has 30 heavy (non-hydrogen) atoms. The minimum atomic E-state index is -0.912. The first kappa shape index (κ1) is 21.3. The summed E-state index contributed by atoms with van der Waals surface area (Å²) in [6.45, 7) is 1.50. The molecular weight excluding hydrogens is 503 g/mol. The first-order valence-electron chi connectivity index (χ1n) is 10.0. The standard InChI is InChI=1S/C25H21F4I/c1-14-2-11-19(23(27)22(14)26)15-3-5-16(6-4-15)20-12-13-21(25(29)24(20)28)17-7-9-18(30)10-8-17/h2-6,11-13,17-18H,7-10H2,1H3. The molecule has 1 aliphatic carbocycles. The smallest absolute Gasteiger partial charge is 0.166 e. The molecule has 0 heterocycles. The Morgan fingerprint density at radius 3 is 1.70 bits per heavy atom. The molecule has 0 N–H and O–H groups in total. The van der Waals surface area contributed by atoms with E-state index in [1.165, 1.54) is 19.1 Å². The lowest BCUT2D eigenvalue weighted by Gasteiger charge is -2.26. The van der Waals surface area contributed by atoms with Crippen LogP contribution in [0.15, 0.2) is 48.5 Å². The van der Waals surface area contributed by atoms with Crippen LogP contribution in [0, 0.1) is 30.2 Å². The molecule has 0 aliphatic heterocycles. The second-order valence-electron chi connectivity index (χ2n) is 7.91. The van der Waals surface area contributed by atoms with Crippen LogP contribution in [0.2, 0.25) is 0 Å². The summed E-state index contributed by atoms with van der Waals surface area (Å²) in [4.78, 5) is 0. The summed E-state index contributed by atoms with van der Waals surface area (Å²) < 4.78 is 58.4. The van der Waals surface area contributed by atoms with Crippen molar-refractivity contribution in [2.24, 2.45) is 0 Å². The average molecular weight is 524 g/mol. The molecular formula is C25H21F4I. The maximum absolute atomic E-state index is 14.9. The van der Waals surface area contributed by atoms with Crippen molar-refractivity contribution < 1.29 is 17.6 Å². The summed E-state index contributed by atoms with van der Waals surface area (Å²) in [5.74, 6) is -3.37. The van der Waals surface area contributed by atoms with Crippen molar-refractivity contribution in [2.45, 2.75) is 42.4 Å². The van der Waals surface area contributed by atoms with Crippen LogP contribution >= 0.6 is 22.6 Å². The van der Waals surface area contributed by atoms with Crippen molar-refractivity contribution in [3.05, 3.63) is 82.9 Å². The molecule has 1 aliphatic rings. The van der Waals surface area contributed by atoms with Crippen molar-refractivity contribution in [3.63, 3.8) is 0 Å². The molecule has 0 unspecified atom stereocenters. The molecule has 156 valence electrons. The molecule has 1 saturated carbocycles. The van der Waals surface area contributed by atoms with Crippen molar-refractivity contribution in [1.29, 1.82) is 0 Å². The summed E-state index contributed by atoms with van der Waals surface area (Å²) in [6, 6.07) is 12.7. The average Bonchev–Trinajstić information content (AvgIpc) is 2.75. The van der Waals surface area contributed by atoms with E-state index in [9.17, 15) is 17.6 Å². The Kier molecular flexibility index (Phi) is 6.19. The second-order valence-corrected chi connectivity index (χ2v) is 9.68. The van der Waals surface area contributed by atoms with Crippen LogP contribution in [-0.2, 0) is 0 Å². The van der Waals surface area contributed by atoms with Gasteiger partial charge >= 0.3 is 0 Å². The topological polar surface area (TPSA) is 0 Å². The summed E-state index contributed by atoms with van der Waals surface area (Å²) in [7, 11) is 0. The Hall–Kier alpha value is -1.89. The van der Waals surface area contributed by atoms with Crippen LogP contribution in [0.1, 0.15) is 42.7 Å². The molecule has 0 radical (unpaired) electrons. The summed E-state index contributed by atoms with van der Waals surface area (Å²) in [5, 5.41) is 0. The van der Waals surface area contributed by atoms with Gasteiger partial charge in [0.05, 0.1) is 0 Å². The van der Waals surface area contributed by atoms with Crippen LogP contribution in [0.5, 0.6) is 0 Å². The van der Waals surface area contributed by atoms with E-state index in [1.807, 2.05) is 0 Å². The summed E-state index contributed by atoms with van der Waals surface area (Å²) >= 11 is 2.41. The molecule has 3 aromatic carbocycles. The van der Waals surface area contributed by atoms with Crippen molar-refractivity contribution in [3.8, 4) is 22.3 Å². The maximum atomic E-state index is 14.9. The number of aryl methyl sites for hydroxylation is 1. The third kappa shape index (κ3) is 4.01. The van der Waals surface area contributed by atoms with E-state index >= 15 is 0 Å². The highest BCUT2D eigenvalue weighted by Crippen LogP contribution is 2.39. The normalized spacial score (nSPS) is 19.1. The molecule has 0 amide bonds. The quantitative estimate of drug-likeness (QED) is 0.184. The molecule has 3 aromatic rings. The minimum Gasteiger partial charge on any atom is -0.203 e. The zero-order valence-corrected chi connectivity index (χ0v) is 18.6. The lowest BCUT2D eigenvalue weighted by Crippen LogP contribution is -2.14. The van der Waals surface area contributed by atoms with Crippen molar-refractivity contribution in [1.82, 2.24) is 0 Å². The highest BCUT2D eigenvalue weighted by atomic mass is 127. The van der Waals surface area contributed by atoms with Gasteiger partial charge in [-0.05, 0) is 60.8 Å². The van der Waals surface area contributed by atoms with Gasteiger partial charge in [0.1, 0.15) is 0 Å². The van der Waals surface area contributed by atoms with Crippen LogP contribution in [0.3, 0.4) is 0 Å². The van der Waals surface area contributed by atoms with Gasteiger partial charge in [-0.15, -0.1) is 0 Å². The predicted octanol–water partition coefficient (Wildman–Crippen LogP) is 8.35. The number of hydrogen-bond acceptors (Lipinski definition) is 0. The fourth-order valence-electron chi connectivity index (χ4n) is 4.16. The van der Waals surface area contributed by atoms with Gasteiger partial charge < -0.3 is 0 Å². The summed E-state index contributed by atoms with van der Waals surface area (Å²) in [5.41, 5.74) is 1.96. The van der Waals surface area contributed by atoms with Gasteiger partial charge in [-0.25, -0.2) is 17.6 Å². The van der Waals surface area contributed by atoms with Gasteiger partial charge in [0.25, 0.3) is 0 Å². The van der Waals surface area contributed by atoms with Crippen molar-refractivity contribution >= 4 is 22.6 Å². The lowest BCUT2D eigenvalue weighted by atomic mass is 9.83. The third-order valence-electron chi connectivity index (χ3n) is 5.99. The van der Waals surface area contributed by atoms with Gasteiger partial charge in [0, 0.05) is 15.1 Å². The van der Waals surface area contributed by atoms with Gasteiger partial charge in [-0.3, -0.25) is 0 Å². The largest absolute Gasteiger partial charge is 0.203 e. The van der Waals surface area contributed by atoms with E-state index in [-0.39, 0.29) is 22.6 Å². The molecule has 1 fully saturated rings. The van der Waals surface area contributed by atoms with Gasteiger partial charge in [-0.1, -0.05) is 71.1 Å². The highest BCUT2D eigenvalue weighted by molar-refractivity contribution is 14.1. The summed E-state index contributed by atoms with van der Waals surface area (Å²) in [6.07, 6.45) is 3.78. The number of rotatable bonds is 3. The molecule has 0 nitrogen and oxygen atoms in total. The molecule has 0 bridgehead atoms. The number of halogens is 5. The molecule has 4 rings (SSSR count). The van der Waals surface area contributed by atoms with E-state index in [4.69, 9.17) is 0 Å². The van der Waals surface area contributed by atoms with Crippen LogP contribution in [0.4, 0.5) is 17.6 Å². The third-order valence-corrected chi connectivity index (χ3v) is 7.24. The Balaban J connectivity index is 1.63. The highest BCUT2D eigenvalue weighted by Gasteiger charge is 2.25. The first-order valence-corrected chi connectivity index (χ1v) is 11.3. The lowest BCUT2D eigenvalue weighted by molar-refractivity contribution is 0.430. The zero-order valence-electron chi connectivity index (χ0n) is 16.5. The number of benzene rings is 3. The van der Waals surface area contributed by atoms with Gasteiger partial charge in [-0.2, -0.15) is 0 Å². The minimum absolute atomic E-state index is 0.0568. The predicted molar refractivity (Wildman–Crippen MR) is 121 cm³/mol. The SMILES string of the molecule is Cc1ccc(-c2ccc(-c3ccc(C4CCC(I)CC4)c(F)c3F)cc2)c(F)c1F. The van der Waals surface area contributed by atoms with E-state index in [2.05, 4.69) is 22.6 Å². The molecule has 0 spiro atoms. The number of hydrogen-bond donors (Lipinski definition) is 0.